The fourth-order valence-electron chi connectivity index (χ4n) is 2.95. The van der Waals surface area contributed by atoms with Gasteiger partial charge in [0.15, 0.2) is 0 Å². The summed E-state index contributed by atoms with van der Waals surface area (Å²) in [5.74, 6) is -1.46. The smallest absolute Gasteiger partial charge is 0.379 e. The molecule has 0 radical (unpaired) electrons. The van der Waals surface area contributed by atoms with Crippen molar-refractivity contribution in [2.24, 2.45) is 0 Å². The molecule has 0 bridgehead atoms. The van der Waals surface area contributed by atoms with Gasteiger partial charge in [0.2, 0.25) is 0 Å². The van der Waals surface area contributed by atoms with Crippen LogP contribution in [0.1, 0.15) is 53.3 Å². The van der Waals surface area contributed by atoms with Gasteiger partial charge in [0, 0.05) is 14.0 Å². The number of halogens is 1. The predicted molar refractivity (Wildman–Crippen MR) is 83.4 cm³/mol. The summed E-state index contributed by atoms with van der Waals surface area (Å²) in [5.41, 5.74) is 1.32. The van der Waals surface area contributed by atoms with Crippen LogP contribution in [-0.2, 0) is 9.68 Å². The van der Waals surface area contributed by atoms with E-state index >= 15 is 0 Å². The first-order chi connectivity index (χ1) is 10.6. The Morgan fingerprint density at radius 3 is 2.14 bits per heavy atom. The lowest BCUT2D eigenvalue weighted by Crippen LogP contribution is -2.24. The summed E-state index contributed by atoms with van der Waals surface area (Å²) >= 11 is 0. The molecule has 0 unspecified atom stereocenters. The maximum absolute atomic E-state index is 12.1. The van der Waals surface area contributed by atoms with Gasteiger partial charge in [-0.05, 0) is 49.9 Å². The van der Waals surface area contributed by atoms with Gasteiger partial charge >= 0.3 is 11.9 Å². The second-order valence-electron chi connectivity index (χ2n) is 5.78. The van der Waals surface area contributed by atoms with Crippen LogP contribution in [0.3, 0.4) is 0 Å². The molecule has 4 nitrogen and oxygen atoms in total. The molecule has 6 heteroatoms. The Balaban J connectivity index is 1.86. The van der Waals surface area contributed by atoms with Gasteiger partial charge in [0.25, 0.3) is 0 Å². The van der Waals surface area contributed by atoms with E-state index in [1.807, 2.05) is 0 Å². The first-order valence-corrected chi connectivity index (χ1v) is 9.59. The first kappa shape index (κ1) is 16.7. The van der Waals surface area contributed by atoms with E-state index in [9.17, 15) is 14.1 Å². The molecular formula is C16H21FO4Si. The Bertz CT molecular complexity index is 509. The van der Waals surface area contributed by atoms with Gasteiger partial charge in [0.1, 0.15) is 6.10 Å². The van der Waals surface area contributed by atoms with Crippen molar-refractivity contribution in [3.8, 4) is 0 Å². The van der Waals surface area contributed by atoms with Crippen molar-refractivity contribution in [1.82, 2.24) is 0 Å². The first-order valence-electron chi connectivity index (χ1n) is 7.78. The predicted octanol–water partition coefficient (Wildman–Crippen LogP) is 3.22. The Labute approximate surface area is 131 Å². The van der Waals surface area contributed by atoms with Crippen molar-refractivity contribution in [1.29, 1.82) is 0 Å². The minimum absolute atomic E-state index is 0.00918. The normalized spacial score (nSPS) is 21.7. The Morgan fingerprint density at radius 2 is 1.64 bits per heavy atom. The summed E-state index contributed by atoms with van der Waals surface area (Å²) in [6.45, 7) is 2.25. The van der Waals surface area contributed by atoms with Crippen LogP contribution in [0.4, 0.5) is 4.53 Å². The molecule has 120 valence electrons. The van der Waals surface area contributed by atoms with Crippen molar-refractivity contribution in [3.63, 3.8) is 0 Å². The van der Waals surface area contributed by atoms with E-state index in [1.165, 1.54) is 43.2 Å². The molecule has 1 aliphatic rings. The number of carbonyl (C=O) groups excluding carboxylic acids is 2. The molecule has 1 aromatic carbocycles. The summed E-state index contributed by atoms with van der Waals surface area (Å²) in [6.07, 6.45) is 4.20. The largest absolute Gasteiger partial charge is 0.459 e. The Kier molecular flexibility index (Phi) is 6.12. The van der Waals surface area contributed by atoms with E-state index in [1.54, 1.807) is 0 Å². The van der Waals surface area contributed by atoms with E-state index in [0.717, 1.165) is 18.4 Å². The third-order valence-corrected chi connectivity index (χ3v) is 6.40. The molecule has 1 aromatic rings. The Hall–Kier alpha value is -1.69. The molecule has 1 aliphatic carbocycles. The quantitative estimate of drug-likeness (QED) is 0.616. The average molecular weight is 324 g/mol. The fourth-order valence-corrected chi connectivity index (χ4v) is 4.82. The molecule has 2 rings (SSSR count). The van der Waals surface area contributed by atoms with Crippen molar-refractivity contribution in [3.05, 3.63) is 35.4 Å². The van der Waals surface area contributed by atoms with Crippen LogP contribution >= 0.6 is 0 Å². The minimum atomic E-state index is -1.07. The number of rotatable bonds is 5. The molecule has 0 N–H and O–H groups in total. The van der Waals surface area contributed by atoms with Crippen LogP contribution in [0.5, 0.6) is 0 Å². The molecule has 22 heavy (non-hydrogen) atoms. The number of esters is 1. The van der Waals surface area contributed by atoms with E-state index in [2.05, 4.69) is 11.9 Å². The van der Waals surface area contributed by atoms with Crippen LogP contribution in [-0.4, -0.2) is 27.6 Å². The molecular weight excluding hydrogens is 303 g/mol. The zero-order valence-corrected chi connectivity index (χ0v) is 14.1. The molecule has 0 spiro atoms. The second kappa shape index (κ2) is 8.08. The van der Waals surface area contributed by atoms with E-state index < -0.39 is 11.9 Å². The fraction of sp³-hybridized carbons (Fsp3) is 0.500. The molecule has 1 fully saturated rings. The zero-order valence-electron chi connectivity index (χ0n) is 12.7. The lowest BCUT2D eigenvalue weighted by atomic mass is 9.97. The molecule has 0 atom stereocenters. The maximum atomic E-state index is 12.1. The molecule has 0 aliphatic heterocycles. The number of carbonyl (C=O) groups is 2. The van der Waals surface area contributed by atoms with Crippen LogP contribution in [0, 0.1) is 0 Å². The summed E-state index contributed by atoms with van der Waals surface area (Å²) in [5, 5.41) is 0. The summed E-state index contributed by atoms with van der Waals surface area (Å²) < 4.78 is 17.3. The van der Waals surface area contributed by atoms with E-state index in [0.29, 0.717) is 5.56 Å². The highest BCUT2D eigenvalue weighted by Crippen LogP contribution is 2.30. The van der Waals surface area contributed by atoms with Crippen LogP contribution in [0.15, 0.2) is 24.3 Å². The number of benzene rings is 1. The SMILES string of the molecule is CC[SiH2]C1CCC(OC(=O)c2ccc(C(=O)OF)cc2)CC1. The topological polar surface area (TPSA) is 52.6 Å². The zero-order chi connectivity index (χ0) is 15.9. The summed E-state index contributed by atoms with van der Waals surface area (Å²) in [7, 11) is 0.0459. The third kappa shape index (κ3) is 4.40. The Morgan fingerprint density at radius 1 is 1.09 bits per heavy atom. The standard InChI is InChI=1S/C16H21FO4Si/c1-2-22-14-9-7-13(8-10-14)20-15(18)11-3-5-12(6-4-11)16(19)21-17/h3-6,13-14H,2,7-10,22H2,1H3. The van der Waals surface area contributed by atoms with Gasteiger partial charge < -0.3 is 4.74 Å². The van der Waals surface area contributed by atoms with Gasteiger partial charge in [-0.15, -0.1) is 0 Å². The highest BCUT2D eigenvalue weighted by Gasteiger charge is 2.24. The third-order valence-electron chi connectivity index (χ3n) is 4.19. The van der Waals surface area contributed by atoms with Crippen LogP contribution < -0.4 is 0 Å². The van der Waals surface area contributed by atoms with Crippen LogP contribution in [0.25, 0.3) is 0 Å². The molecule has 0 saturated heterocycles. The number of hydrogen-bond acceptors (Lipinski definition) is 4. The molecule has 0 heterocycles. The lowest BCUT2D eigenvalue weighted by molar-refractivity contribution is -0.0788. The van der Waals surface area contributed by atoms with Gasteiger partial charge in [-0.25, -0.2) is 14.5 Å². The van der Waals surface area contributed by atoms with Crippen molar-refractivity contribution in [2.75, 3.05) is 0 Å². The number of hydrogen-bond donors (Lipinski definition) is 0. The second-order valence-corrected chi connectivity index (χ2v) is 8.51. The van der Waals surface area contributed by atoms with Gasteiger partial charge in [-0.3, -0.25) is 0 Å². The molecule has 0 aromatic heterocycles. The molecule has 1 saturated carbocycles. The minimum Gasteiger partial charge on any atom is -0.459 e. The van der Waals surface area contributed by atoms with E-state index in [-0.39, 0.29) is 21.2 Å². The van der Waals surface area contributed by atoms with Crippen molar-refractivity contribution in [2.45, 2.75) is 50.3 Å². The average Bonchev–Trinajstić information content (AvgIpc) is 2.56. The summed E-state index contributed by atoms with van der Waals surface area (Å²) in [6, 6.07) is 6.93. The highest BCUT2D eigenvalue weighted by atomic mass is 28.2. The van der Waals surface area contributed by atoms with Gasteiger partial charge in [-0.1, -0.05) is 18.5 Å². The molecule has 0 amide bonds. The lowest BCUT2D eigenvalue weighted by Gasteiger charge is -2.27. The highest BCUT2D eigenvalue weighted by molar-refractivity contribution is 6.37. The number of ether oxygens (including phenoxy) is 1. The summed E-state index contributed by atoms with van der Waals surface area (Å²) in [4.78, 5) is 26.2. The maximum Gasteiger partial charge on any atom is 0.379 e. The van der Waals surface area contributed by atoms with Crippen molar-refractivity contribution >= 4 is 21.5 Å². The van der Waals surface area contributed by atoms with Crippen molar-refractivity contribution < 1.29 is 23.8 Å². The van der Waals surface area contributed by atoms with E-state index in [4.69, 9.17) is 4.74 Å². The van der Waals surface area contributed by atoms with Gasteiger partial charge in [0.05, 0.1) is 11.1 Å². The van der Waals surface area contributed by atoms with Gasteiger partial charge in [-0.2, -0.15) is 0 Å². The monoisotopic (exact) mass is 324 g/mol. The van der Waals surface area contributed by atoms with Crippen LogP contribution in [0.2, 0.25) is 11.6 Å².